The number of likely N-dealkylation sites (N-methyl/N-ethyl adjacent to an activating group) is 1. The second-order valence-electron chi connectivity index (χ2n) is 5.39. The Hall–Kier alpha value is -2.29. The van der Waals surface area contributed by atoms with Crippen molar-refractivity contribution >= 4 is 11.5 Å². The molecule has 3 rings (SSSR count). The standard InChI is InChI=1S/C18H20N2O/c1-13-19-17-7-5-4-6-15(17)12-18(20(13)2)14-8-10-16(21-3)11-9-14/h4-11,18H,12H2,1-3H3/t18-/m1/s1. The number of hydrogen-bond acceptors (Lipinski definition) is 3. The molecule has 2 aromatic rings. The summed E-state index contributed by atoms with van der Waals surface area (Å²) in [6, 6.07) is 17.0. The molecule has 1 heterocycles. The Morgan fingerprint density at radius 3 is 2.52 bits per heavy atom. The van der Waals surface area contributed by atoms with Gasteiger partial charge in [0.05, 0.1) is 18.8 Å². The van der Waals surface area contributed by atoms with Gasteiger partial charge in [0.2, 0.25) is 0 Å². The summed E-state index contributed by atoms with van der Waals surface area (Å²) in [6.07, 6.45) is 0.958. The molecule has 0 fully saturated rings. The van der Waals surface area contributed by atoms with Gasteiger partial charge in [0.25, 0.3) is 0 Å². The zero-order valence-corrected chi connectivity index (χ0v) is 12.7. The lowest BCUT2D eigenvalue weighted by atomic mass is 9.97. The van der Waals surface area contributed by atoms with Crippen LogP contribution in [-0.4, -0.2) is 24.9 Å². The molecule has 0 amide bonds. The van der Waals surface area contributed by atoms with E-state index in [1.54, 1.807) is 7.11 Å². The van der Waals surface area contributed by atoms with Crippen LogP contribution in [0.25, 0.3) is 0 Å². The number of amidine groups is 1. The maximum atomic E-state index is 5.25. The number of benzene rings is 2. The van der Waals surface area contributed by atoms with Crippen molar-refractivity contribution in [2.75, 3.05) is 14.2 Å². The van der Waals surface area contributed by atoms with Crippen LogP contribution >= 0.6 is 0 Å². The average Bonchev–Trinajstić information content (AvgIpc) is 2.65. The number of fused-ring (bicyclic) bond motifs is 1. The van der Waals surface area contributed by atoms with Gasteiger partial charge < -0.3 is 9.64 Å². The van der Waals surface area contributed by atoms with E-state index >= 15 is 0 Å². The van der Waals surface area contributed by atoms with Crippen molar-refractivity contribution in [3.05, 3.63) is 59.7 Å². The molecule has 0 N–H and O–H groups in total. The highest BCUT2D eigenvalue weighted by Gasteiger charge is 2.23. The molecule has 108 valence electrons. The summed E-state index contributed by atoms with van der Waals surface area (Å²) in [5, 5.41) is 0. The number of aliphatic imine (C=N–C) groups is 1. The Balaban J connectivity index is 2.00. The summed E-state index contributed by atoms with van der Waals surface area (Å²) in [6.45, 7) is 2.07. The Morgan fingerprint density at radius 2 is 1.81 bits per heavy atom. The fourth-order valence-corrected chi connectivity index (χ4v) is 2.78. The Bertz CT molecular complexity index is 661. The largest absolute Gasteiger partial charge is 0.497 e. The number of hydrogen-bond donors (Lipinski definition) is 0. The molecule has 0 aliphatic carbocycles. The summed E-state index contributed by atoms with van der Waals surface area (Å²) in [7, 11) is 3.81. The molecule has 0 aromatic heterocycles. The first kappa shape index (κ1) is 13.7. The van der Waals surface area contributed by atoms with Gasteiger partial charge in [0.1, 0.15) is 11.6 Å². The Morgan fingerprint density at radius 1 is 1.10 bits per heavy atom. The molecule has 1 atom stereocenters. The first-order chi connectivity index (χ1) is 10.2. The van der Waals surface area contributed by atoms with Crippen LogP contribution in [0, 0.1) is 0 Å². The van der Waals surface area contributed by atoms with E-state index in [-0.39, 0.29) is 0 Å². The summed E-state index contributed by atoms with van der Waals surface area (Å²) in [4.78, 5) is 7.00. The van der Waals surface area contributed by atoms with Gasteiger partial charge in [-0.2, -0.15) is 0 Å². The third kappa shape index (κ3) is 2.64. The SMILES string of the molecule is COc1ccc([C@H]2Cc3ccccc3N=C(C)N2C)cc1. The summed E-state index contributed by atoms with van der Waals surface area (Å²) >= 11 is 0. The molecule has 1 aliphatic rings. The van der Waals surface area contributed by atoms with Crippen LogP contribution in [0.2, 0.25) is 0 Å². The van der Waals surface area contributed by atoms with Crippen LogP contribution in [0.15, 0.2) is 53.5 Å². The van der Waals surface area contributed by atoms with Crippen molar-refractivity contribution < 1.29 is 4.74 Å². The summed E-state index contributed by atoms with van der Waals surface area (Å²) in [5.74, 6) is 1.93. The van der Waals surface area contributed by atoms with Gasteiger partial charge in [0, 0.05) is 7.05 Å². The lowest BCUT2D eigenvalue weighted by molar-refractivity contribution is 0.373. The number of para-hydroxylation sites is 1. The van der Waals surface area contributed by atoms with Crippen LogP contribution in [0.3, 0.4) is 0 Å². The molecule has 3 heteroatoms. The van der Waals surface area contributed by atoms with Gasteiger partial charge in [-0.05, 0) is 42.7 Å². The van der Waals surface area contributed by atoms with Crippen molar-refractivity contribution in [3.63, 3.8) is 0 Å². The third-order valence-electron chi connectivity index (χ3n) is 4.17. The van der Waals surface area contributed by atoms with Gasteiger partial charge in [-0.1, -0.05) is 30.3 Å². The first-order valence-corrected chi connectivity index (χ1v) is 7.19. The van der Waals surface area contributed by atoms with Crippen molar-refractivity contribution in [1.82, 2.24) is 4.90 Å². The highest BCUT2D eigenvalue weighted by atomic mass is 16.5. The van der Waals surface area contributed by atoms with Crippen LogP contribution in [-0.2, 0) is 6.42 Å². The van der Waals surface area contributed by atoms with E-state index in [0.29, 0.717) is 6.04 Å². The predicted octanol–water partition coefficient (Wildman–Crippen LogP) is 3.97. The highest BCUT2D eigenvalue weighted by molar-refractivity contribution is 5.84. The Kier molecular flexibility index (Phi) is 3.65. The number of ether oxygens (including phenoxy) is 1. The van der Waals surface area contributed by atoms with Gasteiger partial charge in [-0.25, -0.2) is 4.99 Å². The second-order valence-corrected chi connectivity index (χ2v) is 5.39. The summed E-state index contributed by atoms with van der Waals surface area (Å²) < 4.78 is 5.25. The van der Waals surface area contributed by atoms with Gasteiger partial charge >= 0.3 is 0 Å². The molecular formula is C18H20N2O. The predicted molar refractivity (Wildman–Crippen MR) is 86.4 cm³/mol. The molecule has 0 radical (unpaired) electrons. The fourth-order valence-electron chi connectivity index (χ4n) is 2.78. The van der Waals surface area contributed by atoms with Crippen molar-refractivity contribution in [3.8, 4) is 5.75 Å². The van der Waals surface area contributed by atoms with Crippen molar-refractivity contribution in [2.24, 2.45) is 4.99 Å². The normalized spacial score (nSPS) is 17.8. The molecule has 0 bridgehead atoms. The lowest BCUT2D eigenvalue weighted by Gasteiger charge is -2.28. The van der Waals surface area contributed by atoms with Gasteiger partial charge in [-0.3, -0.25) is 0 Å². The van der Waals surface area contributed by atoms with E-state index in [0.717, 1.165) is 23.7 Å². The van der Waals surface area contributed by atoms with E-state index in [9.17, 15) is 0 Å². The van der Waals surface area contributed by atoms with Crippen molar-refractivity contribution in [2.45, 2.75) is 19.4 Å². The molecule has 2 aromatic carbocycles. The zero-order valence-electron chi connectivity index (χ0n) is 12.7. The number of methoxy groups -OCH3 is 1. The molecule has 0 spiro atoms. The van der Waals surface area contributed by atoms with E-state index < -0.39 is 0 Å². The molecule has 0 unspecified atom stereocenters. The highest BCUT2D eigenvalue weighted by Crippen LogP contribution is 2.33. The van der Waals surface area contributed by atoms with Crippen molar-refractivity contribution in [1.29, 1.82) is 0 Å². The second kappa shape index (κ2) is 5.60. The zero-order chi connectivity index (χ0) is 14.8. The molecule has 0 saturated carbocycles. The lowest BCUT2D eigenvalue weighted by Crippen LogP contribution is -2.29. The smallest absolute Gasteiger partial charge is 0.118 e. The first-order valence-electron chi connectivity index (χ1n) is 7.19. The maximum Gasteiger partial charge on any atom is 0.118 e. The van der Waals surface area contributed by atoms with Crippen LogP contribution in [0.5, 0.6) is 5.75 Å². The van der Waals surface area contributed by atoms with E-state index in [1.165, 1.54) is 11.1 Å². The minimum absolute atomic E-state index is 0.295. The molecular weight excluding hydrogens is 260 g/mol. The quantitative estimate of drug-likeness (QED) is 0.831. The maximum absolute atomic E-state index is 5.25. The molecule has 1 aliphatic heterocycles. The van der Waals surface area contributed by atoms with E-state index in [2.05, 4.69) is 49.2 Å². The minimum atomic E-state index is 0.295. The summed E-state index contributed by atoms with van der Waals surface area (Å²) in [5.41, 5.74) is 3.66. The monoisotopic (exact) mass is 280 g/mol. The minimum Gasteiger partial charge on any atom is -0.497 e. The van der Waals surface area contributed by atoms with Crippen LogP contribution in [0.1, 0.15) is 24.1 Å². The number of rotatable bonds is 2. The van der Waals surface area contributed by atoms with Gasteiger partial charge in [0.15, 0.2) is 0 Å². The average molecular weight is 280 g/mol. The topological polar surface area (TPSA) is 24.8 Å². The Labute approximate surface area is 125 Å². The molecule has 0 saturated heterocycles. The molecule has 3 nitrogen and oxygen atoms in total. The fraction of sp³-hybridized carbons (Fsp3) is 0.278. The van der Waals surface area contributed by atoms with Crippen LogP contribution < -0.4 is 4.74 Å². The third-order valence-corrected chi connectivity index (χ3v) is 4.17. The van der Waals surface area contributed by atoms with E-state index in [1.807, 2.05) is 18.2 Å². The van der Waals surface area contributed by atoms with E-state index in [4.69, 9.17) is 9.73 Å². The molecule has 21 heavy (non-hydrogen) atoms. The van der Waals surface area contributed by atoms with Crippen LogP contribution in [0.4, 0.5) is 5.69 Å². The number of nitrogens with zero attached hydrogens (tertiary/aromatic N) is 2. The van der Waals surface area contributed by atoms with Gasteiger partial charge in [-0.15, -0.1) is 0 Å².